The van der Waals surface area contributed by atoms with E-state index in [-0.39, 0.29) is 41.7 Å². The summed E-state index contributed by atoms with van der Waals surface area (Å²) < 4.78 is 4.96. The maximum Gasteiger partial charge on any atom is 0.307 e. The Morgan fingerprint density at radius 1 is 1.15 bits per heavy atom. The van der Waals surface area contributed by atoms with E-state index in [1.165, 1.54) is 24.3 Å². The Morgan fingerprint density at radius 3 is 2.62 bits per heavy atom. The van der Waals surface area contributed by atoms with Crippen LogP contribution in [0, 0.1) is 10.1 Å². The number of anilines is 1. The van der Waals surface area contributed by atoms with Gasteiger partial charge in [0, 0.05) is 42.6 Å². The molecule has 34 heavy (non-hydrogen) atoms. The Kier molecular flexibility index (Phi) is 6.48. The Morgan fingerprint density at radius 2 is 1.88 bits per heavy atom. The fourth-order valence-corrected chi connectivity index (χ4v) is 3.94. The lowest BCUT2D eigenvalue weighted by Crippen LogP contribution is -2.34. The van der Waals surface area contributed by atoms with E-state index in [1.54, 1.807) is 31.2 Å². The van der Waals surface area contributed by atoms with Gasteiger partial charge in [-0.3, -0.25) is 19.7 Å². The first-order chi connectivity index (χ1) is 16.4. The maximum absolute atomic E-state index is 12.5. The number of nitro benzene ring substituents is 1. The van der Waals surface area contributed by atoms with Crippen LogP contribution >= 0.6 is 0 Å². The van der Waals surface area contributed by atoms with Gasteiger partial charge in [-0.1, -0.05) is 18.2 Å². The van der Waals surface area contributed by atoms with E-state index in [4.69, 9.17) is 4.74 Å². The maximum atomic E-state index is 12.5. The summed E-state index contributed by atoms with van der Waals surface area (Å²) in [6.07, 6.45) is 0.432. The van der Waals surface area contributed by atoms with E-state index in [9.17, 15) is 24.8 Å². The molecule has 174 valence electrons. The molecule has 0 fully saturated rings. The van der Waals surface area contributed by atoms with Crippen LogP contribution in [0.4, 0.5) is 22.7 Å². The second-order valence-electron chi connectivity index (χ2n) is 7.68. The predicted octanol–water partition coefficient (Wildman–Crippen LogP) is 5.22. The zero-order chi connectivity index (χ0) is 24.2. The number of nitro groups is 1. The Balaban J connectivity index is 1.65. The zero-order valence-electron chi connectivity index (χ0n) is 18.4. The van der Waals surface area contributed by atoms with E-state index < -0.39 is 4.92 Å². The number of ketones is 1. The second kappa shape index (κ2) is 9.65. The summed E-state index contributed by atoms with van der Waals surface area (Å²) in [5.74, 6) is -0.602. The lowest BCUT2D eigenvalue weighted by atomic mass is 9.99. The van der Waals surface area contributed by atoms with Gasteiger partial charge in [-0.2, -0.15) is 0 Å². The van der Waals surface area contributed by atoms with Crippen molar-refractivity contribution in [3.8, 4) is 5.75 Å². The molecule has 1 aliphatic heterocycles. The predicted molar refractivity (Wildman–Crippen MR) is 125 cm³/mol. The van der Waals surface area contributed by atoms with Crippen molar-refractivity contribution in [3.05, 3.63) is 64.2 Å². The van der Waals surface area contributed by atoms with Crippen LogP contribution in [-0.4, -0.2) is 41.5 Å². The molecule has 0 saturated carbocycles. The molecule has 0 radical (unpaired) electrons. The quantitative estimate of drug-likeness (QED) is 0.220. The third kappa shape index (κ3) is 4.56. The highest BCUT2D eigenvalue weighted by Crippen LogP contribution is 2.39. The molecule has 3 aromatic carbocycles. The van der Waals surface area contributed by atoms with E-state index in [2.05, 4.69) is 10.2 Å². The average Bonchev–Trinajstić information content (AvgIpc) is 2.82. The number of azo groups is 1. The molecule has 0 saturated heterocycles. The van der Waals surface area contributed by atoms with Gasteiger partial charge in [-0.05, 0) is 25.1 Å². The summed E-state index contributed by atoms with van der Waals surface area (Å²) in [6.45, 7) is 2.82. The first-order valence-electron chi connectivity index (χ1n) is 10.8. The Bertz CT molecular complexity index is 1320. The largest absolute Gasteiger partial charge is 0.506 e. The number of carbonyl (C=O) groups excluding carboxylic acids is 2. The number of phenols is 1. The van der Waals surface area contributed by atoms with E-state index in [0.29, 0.717) is 47.4 Å². The minimum Gasteiger partial charge on any atom is -0.506 e. The van der Waals surface area contributed by atoms with Crippen LogP contribution in [0.3, 0.4) is 0 Å². The normalized spacial score (nSPS) is 13.3. The highest BCUT2D eigenvalue weighted by Gasteiger charge is 2.25. The molecule has 0 aromatic heterocycles. The van der Waals surface area contributed by atoms with E-state index in [1.807, 2.05) is 4.90 Å². The van der Waals surface area contributed by atoms with Crippen molar-refractivity contribution in [1.29, 1.82) is 0 Å². The molecule has 1 heterocycles. The molecule has 3 aromatic rings. The SMILES string of the molecule is CCOC(=O)CCN1CCC(=O)c2cc(/N=N/c3ccc([N+](=O)[O-])c4ccccc34)c(O)cc21. The summed E-state index contributed by atoms with van der Waals surface area (Å²) >= 11 is 0. The summed E-state index contributed by atoms with van der Waals surface area (Å²) in [6, 6.07) is 12.5. The van der Waals surface area contributed by atoms with Gasteiger partial charge in [-0.15, -0.1) is 10.2 Å². The van der Waals surface area contributed by atoms with Crippen molar-refractivity contribution < 1.29 is 24.4 Å². The minimum atomic E-state index is -0.460. The summed E-state index contributed by atoms with van der Waals surface area (Å²) in [7, 11) is 0. The zero-order valence-corrected chi connectivity index (χ0v) is 18.4. The lowest BCUT2D eigenvalue weighted by Gasteiger charge is -2.30. The van der Waals surface area contributed by atoms with Crippen LogP contribution in [0.5, 0.6) is 5.75 Å². The number of nitrogens with zero attached hydrogens (tertiary/aromatic N) is 4. The van der Waals surface area contributed by atoms with Gasteiger partial charge in [0.1, 0.15) is 11.4 Å². The summed E-state index contributed by atoms with van der Waals surface area (Å²) in [4.78, 5) is 37.0. The van der Waals surface area contributed by atoms with E-state index in [0.717, 1.165) is 0 Å². The van der Waals surface area contributed by atoms with Crippen molar-refractivity contribution in [2.45, 2.75) is 19.8 Å². The molecule has 0 aliphatic carbocycles. The third-order valence-corrected chi connectivity index (χ3v) is 5.57. The first-order valence-corrected chi connectivity index (χ1v) is 10.8. The first kappa shape index (κ1) is 22.8. The van der Waals surface area contributed by atoms with Crippen LogP contribution in [0.15, 0.2) is 58.8 Å². The van der Waals surface area contributed by atoms with Crippen LogP contribution < -0.4 is 4.90 Å². The molecule has 4 rings (SSSR count). The number of rotatable bonds is 7. The van der Waals surface area contributed by atoms with Gasteiger partial charge in [0.25, 0.3) is 5.69 Å². The monoisotopic (exact) mass is 462 g/mol. The topological polar surface area (TPSA) is 135 Å². The summed E-state index contributed by atoms with van der Waals surface area (Å²) in [5, 5.41) is 31.2. The van der Waals surface area contributed by atoms with Crippen molar-refractivity contribution in [2.75, 3.05) is 24.6 Å². The molecular weight excluding hydrogens is 440 g/mol. The van der Waals surface area contributed by atoms with Crippen LogP contribution in [0.2, 0.25) is 0 Å². The molecule has 10 nitrogen and oxygen atoms in total. The lowest BCUT2D eigenvalue weighted by molar-refractivity contribution is -0.383. The molecule has 0 spiro atoms. The number of aromatic hydroxyl groups is 1. The number of non-ortho nitro benzene ring substituents is 1. The van der Waals surface area contributed by atoms with Crippen molar-refractivity contribution >= 4 is 45.3 Å². The number of carbonyl (C=O) groups is 2. The van der Waals surface area contributed by atoms with Gasteiger partial charge in [0.15, 0.2) is 5.78 Å². The number of Topliss-reactive ketones (excluding diaryl/α,β-unsaturated/α-hetero) is 1. The summed E-state index contributed by atoms with van der Waals surface area (Å²) in [5.41, 5.74) is 1.36. The number of benzene rings is 3. The van der Waals surface area contributed by atoms with Crippen molar-refractivity contribution in [3.63, 3.8) is 0 Å². The van der Waals surface area contributed by atoms with Crippen LogP contribution in [0.25, 0.3) is 10.8 Å². The molecular formula is C24H22N4O6. The number of ether oxygens (including phenoxy) is 1. The molecule has 10 heteroatoms. The van der Waals surface area contributed by atoms with Gasteiger partial charge >= 0.3 is 5.97 Å². The number of hydrogen-bond acceptors (Lipinski definition) is 9. The number of phenolic OH excluding ortho intramolecular Hbond substituents is 1. The molecule has 1 aliphatic rings. The van der Waals surface area contributed by atoms with Gasteiger partial charge in [-0.25, -0.2) is 0 Å². The highest BCUT2D eigenvalue weighted by molar-refractivity contribution is 6.04. The molecule has 0 unspecified atom stereocenters. The number of esters is 1. The number of fused-ring (bicyclic) bond motifs is 2. The van der Waals surface area contributed by atoms with Gasteiger partial charge in [0.2, 0.25) is 0 Å². The van der Waals surface area contributed by atoms with Gasteiger partial charge in [0.05, 0.1) is 34.7 Å². The Labute approximate surface area is 194 Å². The standard InChI is InChI=1S/C24H22N4O6/c1-2-34-24(31)10-12-27-11-9-22(29)17-13-19(23(30)14-21(17)27)26-25-18-7-8-20(28(32)33)16-6-4-3-5-15(16)18/h3-8,13-14,30H,2,9-12H2,1H3/b26-25+. The fraction of sp³-hybridized carbons (Fsp3) is 0.250. The van der Waals surface area contributed by atoms with Crippen molar-refractivity contribution in [2.24, 2.45) is 10.2 Å². The van der Waals surface area contributed by atoms with Crippen LogP contribution in [-0.2, 0) is 9.53 Å². The third-order valence-electron chi connectivity index (χ3n) is 5.57. The molecule has 0 atom stereocenters. The fourth-order valence-electron chi connectivity index (χ4n) is 3.94. The number of hydrogen-bond donors (Lipinski definition) is 1. The molecule has 1 N–H and O–H groups in total. The Hall–Kier alpha value is -4.34. The highest BCUT2D eigenvalue weighted by atomic mass is 16.6. The molecule has 0 bridgehead atoms. The average molecular weight is 462 g/mol. The molecule has 0 amide bonds. The van der Waals surface area contributed by atoms with Crippen LogP contribution in [0.1, 0.15) is 30.1 Å². The second-order valence-corrected chi connectivity index (χ2v) is 7.68. The van der Waals surface area contributed by atoms with Gasteiger partial charge < -0.3 is 14.7 Å². The minimum absolute atomic E-state index is 0.0420. The smallest absolute Gasteiger partial charge is 0.307 e. The van der Waals surface area contributed by atoms with Crippen molar-refractivity contribution in [1.82, 2.24) is 0 Å². The van der Waals surface area contributed by atoms with E-state index >= 15 is 0 Å².